The summed E-state index contributed by atoms with van der Waals surface area (Å²) in [6, 6.07) is 1.65. The van der Waals surface area contributed by atoms with E-state index in [1.807, 2.05) is 6.92 Å². The van der Waals surface area contributed by atoms with Gasteiger partial charge in [-0.25, -0.2) is 4.98 Å². The van der Waals surface area contributed by atoms with Gasteiger partial charge in [-0.3, -0.25) is 0 Å². The maximum absolute atomic E-state index is 12.1. The number of rotatable bonds is 8. The zero-order chi connectivity index (χ0) is 15.3. The number of hydrogen-bond donors (Lipinski definition) is 1. The van der Waals surface area contributed by atoms with Crippen LogP contribution in [-0.4, -0.2) is 29.3 Å². The predicted octanol–water partition coefficient (Wildman–Crippen LogP) is 3.90. The van der Waals surface area contributed by atoms with E-state index in [2.05, 4.69) is 15.3 Å². The lowest BCUT2D eigenvalue weighted by molar-refractivity contribution is -0.136. The van der Waals surface area contributed by atoms with Crippen molar-refractivity contribution < 1.29 is 17.9 Å². The number of halogens is 3. The van der Waals surface area contributed by atoms with Gasteiger partial charge in [0.2, 0.25) is 5.88 Å². The number of nitrogens with zero attached hydrogens (tertiary/aromatic N) is 2. The van der Waals surface area contributed by atoms with Gasteiger partial charge in [-0.1, -0.05) is 6.92 Å². The maximum Gasteiger partial charge on any atom is 0.389 e. The van der Waals surface area contributed by atoms with Crippen LogP contribution in [0.15, 0.2) is 6.07 Å². The summed E-state index contributed by atoms with van der Waals surface area (Å²) in [5, 5.41) is 3.16. The molecule has 1 fully saturated rings. The number of anilines is 1. The molecule has 21 heavy (non-hydrogen) atoms. The minimum atomic E-state index is -4.14. The second kappa shape index (κ2) is 6.95. The molecule has 1 aliphatic carbocycles. The van der Waals surface area contributed by atoms with E-state index in [0.29, 0.717) is 17.6 Å². The molecule has 0 amide bonds. The summed E-state index contributed by atoms with van der Waals surface area (Å²) in [6.07, 6.45) is -1.96. The minimum Gasteiger partial charge on any atom is -0.478 e. The second-order valence-electron chi connectivity index (χ2n) is 5.22. The highest BCUT2D eigenvalue weighted by Crippen LogP contribution is 2.39. The lowest BCUT2D eigenvalue weighted by Crippen LogP contribution is -2.11. The summed E-state index contributed by atoms with van der Waals surface area (Å²) in [5.41, 5.74) is 0. The fourth-order valence-corrected chi connectivity index (χ4v) is 1.83. The standard InChI is InChI=1S/C14H20F3N3O/c1-2-7-18-11-9-12(20-13(19-11)10-4-5-10)21-8-3-6-14(15,16)17/h9-10H,2-8H2,1H3,(H,18,19,20). The normalized spacial score (nSPS) is 15.0. The van der Waals surface area contributed by atoms with Crippen molar-refractivity contribution in [2.75, 3.05) is 18.5 Å². The van der Waals surface area contributed by atoms with Gasteiger partial charge in [0, 0.05) is 24.9 Å². The number of nitrogens with one attached hydrogen (secondary N) is 1. The van der Waals surface area contributed by atoms with Gasteiger partial charge in [0.15, 0.2) is 0 Å². The fraction of sp³-hybridized carbons (Fsp3) is 0.714. The molecule has 0 bridgehead atoms. The molecule has 0 atom stereocenters. The van der Waals surface area contributed by atoms with Crippen molar-refractivity contribution in [3.05, 3.63) is 11.9 Å². The van der Waals surface area contributed by atoms with Gasteiger partial charge in [0.05, 0.1) is 6.61 Å². The Morgan fingerprint density at radius 1 is 1.33 bits per heavy atom. The smallest absolute Gasteiger partial charge is 0.389 e. The van der Waals surface area contributed by atoms with Crippen LogP contribution in [0.2, 0.25) is 0 Å². The first-order valence-corrected chi connectivity index (χ1v) is 7.30. The van der Waals surface area contributed by atoms with E-state index in [1.54, 1.807) is 6.07 Å². The summed E-state index contributed by atoms with van der Waals surface area (Å²) in [6.45, 7) is 2.84. The van der Waals surface area contributed by atoms with Crippen molar-refractivity contribution in [2.45, 2.75) is 51.1 Å². The molecule has 1 aromatic rings. The average Bonchev–Trinajstić information content (AvgIpc) is 3.24. The van der Waals surface area contributed by atoms with Crippen LogP contribution >= 0.6 is 0 Å². The lowest BCUT2D eigenvalue weighted by atomic mass is 10.3. The largest absolute Gasteiger partial charge is 0.478 e. The third-order valence-electron chi connectivity index (χ3n) is 3.07. The topological polar surface area (TPSA) is 47.0 Å². The number of hydrogen-bond acceptors (Lipinski definition) is 4. The number of aromatic nitrogens is 2. The monoisotopic (exact) mass is 303 g/mol. The summed E-state index contributed by atoms with van der Waals surface area (Å²) >= 11 is 0. The molecule has 1 N–H and O–H groups in total. The molecule has 118 valence electrons. The summed E-state index contributed by atoms with van der Waals surface area (Å²) in [4.78, 5) is 8.70. The highest BCUT2D eigenvalue weighted by Gasteiger charge is 2.28. The van der Waals surface area contributed by atoms with E-state index >= 15 is 0 Å². The van der Waals surface area contributed by atoms with Crippen molar-refractivity contribution in [3.8, 4) is 5.88 Å². The Kier molecular flexibility index (Phi) is 5.25. The van der Waals surface area contributed by atoms with Crippen LogP contribution in [0.5, 0.6) is 5.88 Å². The van der Waals surface area contributed by atoms with Crippen LogP contribution in [0, 0.1) is 0 Å². The molecule has 0 aliphatic heterocycles. The first-order chi connectivity index (χ1) is 9.98. The van der Waals surface area contributed by atoms with Gasteiger partial charge in [-0.15, -0.1) is 0 Å². The first kappa shape index (κ1) is 15.9. The Bertz CT molecular complexity index is 461. The van der Waals surface area contributed by atoms with Crippen molar-refractivity contribution in [2.24, 2.45) is 0 Å². The predicted molar refractivity (Wildman–Crippen MR) is 73.6 cm³/mol. The van der Waals surface area contributed by atoms with Crippen LogP contribution in [-0.2, 0) is 0 Å². The van der Waals surface area contributed by atoms with Gasteiger partial charge in [0.25, 0.3) is 0 Å². The molecule has 0 radical (unpaired) electrons. The van der Waals surface area contributed by atoms with E-state index in [0.717, 1.165) is 31.6 Å². The Hall–Kier alpha value is -1.53. The summed E-state index contributed by atoms with van der Waals surface area (Å²) in [5.74, 6) is 2.13. The number of alkyl halides is 3. The molecule has 0 unspecified atom stereocenters. The van der Waals surface area contributed by atoms with Crippen LogP contribution < -0.4 is 10.1 Å². The first-order valence-electron chi connectivity index (χ1n) is 7.30. The summed E-state index contributed by atoms with van der Waals surface area (Å²) in [7, 11) is 0. The summed E-state index contributed by atoms with van der Waals surface area (Å²) < 4.78 is 41.6. The molecule has 1 aliphatic rings. The molecule has 2 rings (SSSR count). The Morgan fingerprint density at radius 2 is 2.10 bits per heavy atom. The highest BCUT2D eigenvalue weighted by molar-refractivity contribution is 5.39. The number of ether oxygens (including phenoxy) is 1. The van der Waals surface area contributed by atoms with Gasteiger partial charge in [0.1, 0.15) is 11.6 Å². The molecule has 0 saturated heterocycles. The minimum absolute atomic E-state index is 0.00779. The molecular weight excluding hydrogens is 283 g/mol. The third kappa shape index (κ3) is 5.77. The van der Waals surface area contributed by atoms with Crippen LogP contribution in [0.3, 0.4) is 0 Å². The van der Waals surface area contributed by atoms with E-state index in [1.165, 1.54) is 0 Å². The maximum atomic E-state index is 12.1. The van der Waals surface area contributed by atoms with E-state index in [9.17, 15) is 13.2 Å². The molecular formula is C14H20F3N3O. The zero-order valence-electron chi connectivity index (χ0n) is 12.0. The van der Waals surface area contributed by atoms with Gasteiger partial charge >= 0.3 is 6.18 Å². The molecule has 1 heterocycles. The molecule has 4 nitrogen and oxygen atoms in total. The van der Waals surface area contributed by atoms with Crippen molar-refractivity contribution >= 4 is 5.82 Å². The highest BCUT2D eigenvalue weighted by atomic mass is 19.4. The Balaban J connectivity index is 1.92. The van der Waals surface area contributed by atoms with Crippen LogP contribution in [0.4, 0.5) is 19.0 Å². The van der Waals surface area contributed by atoms with Gasteiger partial charge < -0.3 is 10.1 Å². The molecule has 7 heteroatoms. The van der Waals surface area contributed by atoms with Crippen LogP contribution in [0.25, 0.3) is 0 Å². The van der Waals surface area contributed by atoms with Crippen molar-refractivity contribution in [3.63, 3.8) is 0 Å². The lowest BCUT2D eigenvalue weighted by Gasteiger charge is -2.11. The molecule has 1 saturated carbocycles. The molecule has 0 spiro atoms. The molecule has 1 aromatic heterocycles. The Morgan fingerprint density at radius 3 is 2.71 bits per heavy atom. The van der Waals surface area contributed by atoms with E-state index in [-0.39, 0.29) is 13.0 Å². The van der Waals surface area contributed by atoms with Gasteiger partial charge in [-0.05, 0) is 25.7 Å². The Labute approximate surface area is 122 Å². The SMILES string of the molecule is CCCNc1cc(OCCCC(F)(F)F)nc(C2CC2)n1. The van der Waals surface area contributed by atoms with E-state index in [4.69, 9.17) is 4.74 Å². The molecule has 0 aromatic carbocycles. The van der Waals surface area contributed by atoms with Crippen LogP contribution in [0.1, 0.15) is 50.8 Å². The van der Waals surface area contributed by atoms with Crippen molar-refractivity contribution in [1.82, 2.24) is 9.97 Å². The van der Waals surface area contributed by atoms with Gasteiger partial charge in [-0.2, -0.15) is 18.2 Å². The second-order valence-corrected chi connectivity index (χ2v) is 5.22. The van der Waals surface area contributed by atoms with E-state index < -0.39 is 12.6 Å². The fourth-order valence-electron chi connectivity index (χ4n) is 1.83. The zero-order valence-corrected chi connectivity index (χ0v) is 12.0. The third-order valence-corrected chi connectivity index (χ3v) is 3.07. The van der Waals surface area contributed by atoms with Crippen molar-refractivity contribution in [1.29, 1.82) is 0 Å². The quantitative estimate of drug-likeness (QED) is 0.740. The average molecular weight is 303 g/mol.